The average molecular weight is 340 g/mol. The number of nitrogens with one attached hydrogen (secondary N) is 2. The third-order valence-electron chi connectivity index (χ3n) is 3.83. The van der Waals surface area contributed by atoms with Gasteiger partial charge in [-0.3, -0.25) is 14.7 Å². The van der Waals surface area contributed by atoms with Gasteiger partial charge < -0.3 is 9.88 Å². The molecule has 0 saturated carbocycles. The largest absolute Gasteiger partial charge is 0.337 e. The number of carbonyl (C=O) groups is 1. The van der Waals surface area contributed by atoms with E-state index >= 15 is 0 Å². The Morgan fingerprint density at radius 1 is 1.24 bits per heavy atom. The van der Waals surface area contributed by atoms with Crippen molar-refractivity contribution in [1.82, 2.24) is 20.1 Å². The predicted octanol–water partition coefficient (Wildman–Crippen LogP) is 2.48. The second-order valence-electron chi connectivity index (χ2n) is 5.85. The smallest absolute Gasteiger partial charge is 0.254 e. The Hall–Kier alpha value is -3.22. The molecule has 2 N–H and O–H groups in total. The maximum Gasteiger partial charge on any atom is 0.254 e. The molecule has 0 atom stereocenters. The summed E-state index contributed by atoms with van der Waals surface area (Å²) in [7, 11) is 1.65. The van der Waals surface area contributed by atoms with Crippen LogP contribution in [0.1, 0.15) is 21.6 Å². The molecule has 2 aromatic heterocycles. The lowest BCUT2D eigenvalue weighted by atomic mass is 10.1. The van der Waals surface area contributed by atoms with Gasteiger partial charge in [0, 0.05) is 42.0 Å². The SMILES string of the molecule is Cc1cc(C(=O)N(C)Cc2cn[nH]c2-c2ccc(F)cc2)cc(=O)[nH]1. The maximum absolute atomic E-state index is 13.1. The van der Waals surface area contributed by atoms with Crippen LogP contribution in [0.2, 0.25) is 0 Å². The van der Waals surface area contributed by atoms with E-state index in [0.29, 0.717) is 17.8 Å². The predicted molar refractivity (Wildman–Crippen MR) is 91.6 cm³/mol. The topological polar surface area (TPSA) is 81.8 Å². The van der Waals surface area contributed by atoms with Gasteiger partial charge in [-0.25, -0.2) is 4.39 Å². The second kappa shape index (κ2) is 6.72. The first kappa shape index (κ1) is 16.6. The molecule has 1 aromatic carbocycles. The number of nitrogens with zero attached hydrogens (tertiary/aromatic N) is 2. The summed E-state index contributed by atoms with van der Waals surface area (Å²) < 4.78 is 13.1. The molecule has 0 aliphatic rings. The highest BCUT2D eigenvalue weighted by molar-refractivity contribution is 5.94. The number of benzene rings is 1. The standard InChI is InChI=1S/C18H17FN4O2/c1-11-7-13(8-16(24)21-11)18(25)23(2)10-14-9-20-22-17(14)12-3-5-15(19)6-4-12/h3-9H,10H2,1-2H3,(H,20,22)(H,21,24). The van der Waals surface area contributed by atoms with Crippen LogP contribution >= 0.6 is 0 Å². The van der Waals surface area contributed by atoms with Crippen LogP contribution in [-0.2, 0) is 6.54 Å². The number of aromatic amines is 2. The summed E-state index contributed by atoms with van der Waals surface area (Å²) >= 11 is 0. The highest BCUT2D eigenvalue weighted by atomic mass is 19.1. The van der Waals surface area contributed by atoms with Crippen LogP contribution in [-0.4, -0.2) is 33.0 Å². The fraction of sp³-hybridized carbons (Fsp3) is 0.167. The minimum absolute atomic E-state index is 0.263. The van der Waals surface area contributed by atoms with Crippen molar-refractivity contribution in [3.63, 3.8) is 0 Å². The molecule has 0 fully saturated rings. The number of rotatable bonds is 4. The van der Waals surface area contributed by atoms with Gasteiger partial charge >= 0.3 is 0 Å². The van der Waals surface area contributed by atoms with Gasteiger partial charge in [-0.2, -0.15) is 5.10 Å². The van der Waals surface area contributed by atoms with Crippen molar-refractivity contribution in [3.8, 4) is 11.3 Å². The molecule has 6 nitrogen and oxygen atoms in total. The lowest BCUT2D eigenvalue weighted by molar-refractivity contribution is 0.0785. The molecule has 7 heteroatoms. The Morgan fingerprint density at radius 3 is 2.64 bits per heavy atom. The average Bonchev–Trinajstić information content (AvgIpc) is 3.02. The number of aryl methyl sites for hydroxylation is 1. The molecule has 0 unspecified atom stereocenters. The van der Waals surface area contributed by atoms with E-state index in [4.69, 9.17) is 0 Å². The monoisotopic (exact) mass is 340 g/mol. The zero-order chi connectivity index (χ0) is 18.0. The van der Waals surface area contributed by atoms with Gasteiger partial charge in [0.05, 0.1) is 11.9 Å². The molecule has 1 amide bonds. The first-order valence-corrected chi connectivity index (χ1v) is 7.68. The van der Waals surface area contributed by atoms with E-state index in [-0.39, 0.29) is 17.3 Å². The zero-order valence-corrected chi connectivity index (χ0v) is 13.8. The van der Waals surface area contributed by atoms with E-state index in [9.17, 15) is 14.0 Å². The van der Waals surface area contributed by atoms with Crippen LogP contribution in [0.3, 0.4) is 0 Å². The van der Waals surface area contributed by atoms with Gasteiger partial charge in [0.2, 0.25) is 5.56 Å². The number of H-pyrrole nitrogens is 2. The number of carbonyl (C=O) groups excluding carboxylic acids is 1. The number of halogens is 1. The van der Waals surface area contributed by atoms with E-state index < -0.39 is 0 Å². The van der Waals surface area contributed by atoms with Crippen LogP contribution in [0.4, 0.5) is 4.39 Å². The Balaban J connectivity index is 1.83. The van der Waals surface area contributed by atoms with Crippen molar-refractivity contribution in [2.24, 2.45) is 0 Å². The van der Waals surface area contributed by atoms with Crippen molar-refractivity contribution < 1.29 is 9.18 Å². The van der Waals surface area contributed by atoms with Gasteiger partial charge in [0.25, 0.3) is 5.91 Å². The Morgan fingerprint density at radius 2 is 1.96 bits per heavy atom. The fourth-order valence-corrected chi connectivity index (χ4v) is 2.65. The summed E-state index contributed by atoms with van der Waals surface area (Å²) in [5.74, 6) is -0.581. The number of amides is 1. The lowest BCUT2D eigenvalue weighted by Crippen LogP contribution is -2.27. The summed E-state index contributed by atoms with van der Waals surface area (Å²) in [6.45, 7) is 2.02. The molecule has 0 aliphatic carbocycles. The molecule has 0 aliphatic heterocycles. The lowest BCUT2D eigenvalue weighted by Gasteiger charge is -2.17. The first-order chi connectivity index (χ1) is 11.9. The summed E-state index contributed by atoms with van der Waals surface area (Å²) in [4.78, 5) is 28.2. The molecule has 3 rings (SSSR count). The number of pyridine rings is 1. The van der Waals surface area contributed by atoms with E-state index in [2.05, 4.69) is 15.2 Å². The van der Waals surface area contributed by atoms with Gasteiger partial charge in [-0.15, -0.1) is 0 Å². The number of hydrogen-bond acceptors (Lipinski definition) is 3. The first-order valence-electron chi connectivity index (χ1n) is 7.68. The Kier molecular flexibility index (Phi) is 4.47. The molecule has 3 aromatic rings. The molecular formula is C18H17FN4O2. The minimum Gasteiger partial charge on any atom is -0.337 e. The van der Waals surface area contributed by atoms with Gasteiger partial charge in [-0.05, 0) is 37.3 Å². The molecular weight excluding hydrogens is 323 g/mol. The van der Waals surface area contributed by atoms with Crippen LogP contribution in [0, 0.1) is 12.7 Å². The highest BCUT2D eigenvalue weighted by Gasteiger charge is 2.16. The summed E-state index contributed by atoms with van der Waals surface area (Å²) in [5, 5.41) is 6.90. The van der Waals surface area contributed by atoms with E-state index in [1.54, 1.807) is 38.4 Å². The van der Waals surface area contributed by atoms with E-state index in [1.807, 2.05) is 0 Å². The van der Waals surface area contributed by atoms with Crippen molar-refractivity contribution in [2.75, 3.05) is 7.05 Å². The number of hydrogen-bond donors (Lipinski definition) is 2. The van der Waals surface area contributed by atoms with Crippen LogP contribution < -0.4 is 5.56 Å². The van der Waals surface area contributed by atoms with Crippen molar-refractivity contribution in [3.05, 3.63) is 75.6 Å². The summed E-state index contributed by atoms with van der Waals surface area (Å²) in [5.41, 5.74) is 2.94. The number of aromatic nitrogens is 3. The van der Waals surface area contributed by atoms with Crippen molar-refractivity contribution >= 4 is 5.91 Å². The fourth-order valence-electron chi connectivity index (χ4n) is 2.65. The summed E-state index contributed by atoms with van der Waals surface area (Å²) in [6.07, 6.45) is 1.63. The van der Waals surface area contributed by atoms with Crippen molar-refractivity contribution in [2.45, 2.75) is 13.5 Å². The maximum atomic E-state index is 13.1. The Bertz CT molecular complexity index is 960. The molecule has 0 spiro atoms. The molecule has 25 heavy (non-hydrogen) atoms. The molecule has 0 radical (unpaired) electrons. The van der Waals surface area contributed by atoms with Gasteiger partial charge in [0.15, 0.2) is 0 Å². The highest BCUT2D eigenvalue weighted by Crippen LogP contribution is 2.22. The quantitative estimate of drug-likeness (QED) is 0.765. The third kappa shape index (κ3) is 3.65. The van der Waals surface area contributed by atoms with E-state index in [1.165, 1.54) is 23.1 Å². The third-order valence-corrected chi connectivity index (χ3v) is 3.83. The van der Waals surface area contributed by atoms with Crippen LogP contribution in [0.15, 0.2) is 47.4 Å². The summed E-state index contributed by atoms with van der Waals surface area (Å²) in [6, 6.07) is 8.95. The zero-order valence-electron chi connectivity index (χ0n) is 13.8. The van der Waals surface area contributed by atoms with Gasteiger partial charge in [0.1, 0.15) is 5.82 Å². The van der Waals surface area contributed by atoms with Gasteiger partial charge in [-0.1, -0.05) is 0 Å². The molecule has 128 valence electrons. The van der Waals surface area contributed by atoms with Crippen molar-refractivity contribution in [1.29, 1.82) is 0 Å². The Labute approximate surface area is 143 Å². The molecule has 0 saturated heterocycles. The minimum atomic E-state index is -0.318. The molecule has 2 heterocycles. The van der Waals surface area contributed by atoms with Crippen LogP contribution in [0.25, 0.3) is 11.3 Å². The second-order valence-corrected chi connectivity index (χ2v) is 5.85. The van der Waals surface area contributed by atoms with Crippen LogP contribution in [0.5, 0.6) is 0 Å². The normalized spacial score (nSPS) is 10.7. The molecule has 0 bridgehead atoms. The van der Waals surface area contributed by atoms with E-state index in [0.717, 1.165) is 16.8 Å².